The first-order valence-corrected chi connectivity index (χ1v) is 7.22. The van der Waals surface area contributed by atoms with Gasteiger partial charge in [0.25, 0.3) is 0 Å². The highest BCUT2D eigenvalue weighted by molar-refractivity contribution is 5.97. The zero-order valence-corrected chi connectivity index (χ0v) is 13.5. The molecular formula is C16H23N3O3. The van der Waals surface area contributed by atoms with E-state index in [1.807, 2.05) is 13.8 Å². The first-order valence-electron chi connectivity index (χ1n) is 7.22. The lowest BCUT2D eigenvalue weighted by molar-refractivity contribution is -0.123. The van der Waals surface area contributed by atoms with E-state index in [0.717, 1.165) is 0 Å². The van der Waals surface area contributed by atoms with E-state index in [4.69, 9.17) is 0 Å². The van der Waals surface area contributed by atoms with Gasteiger partial charge < -0.3 is 15.5 Å². The fourth-order valence-electron chi connectivity index (χ4n) is 1.83. The third-order valence-electron chi connectivity index (χ3n) is 2.89. The zero-order valence-electron chi connectivity index (χ0n) is 13.5. The fraction of sp³-hybridized carbons (Fsp3) is 0.438. The second kappa shape index (κ2) is 8.17. The molecule has 2 N–H and O–H groups in total. The van der Waals surface area contributed by atoms with Crippen molar-refractivity contribution in [1.82, 2.24) is 5.32 Å². The van der Waals surface area contributed by atoms with Crippen LogP contribution >= 0.6 is 0 Å². The summed E-state index contributed by atoms with van der Waals surface area (Å²) < 4.78 is 0. The molecule has 0 fully saturated rings. The quantitative estimate of drug-likeness (QED) is 0.840. The number of nitrogens with one attached hydrogen (secondary N) is 2. The molecule has 0 heterocycles. The molecule has 0 bridgehead atoms. The molecule has 1 aromatic rings. The van der Waals surface area contributed by atoms with Gasteiger partial charge >= 0.3 is 0 Å². The number of hydrogen-bond donors (Lipinski definition) is 2. The smallest absolute Gasteiger partial charge is 0.240 e. The van der Waals surface area contributed by atoms with Crippen molar-refractivity contribution < 1.29 is 14.4 Å². The molecule has 6 heteroatoms. The van der Waals surface area contributed by atoms with E-state index in [1.54, 1.807) is 24.3 Å². The van der Waals surface area contributed by atoms with Crippen molar-refractivity contribution >= 4 is 29.1 Å². The summed E-state index contributed by atoms with van der Waals surface area (Å²) in [5, 5.41) is 5.44. The van der Waals surface area contributed by atoms with E-state index in [9.17, 15) is 14.4 Å². The second-order valence-electron chi connectivity index (χ2n) is 5.53. The Kier molecular flexibility index (Phi) is 6.56. The second-order valence-corrected chi connectivity index (χ2v) is 5.53. The molecule has 1 aromatic carbocycles. The largest absolute Gasteiger partial charge is 0.354 e. The summed E-state index contributed by atoms with van der Waals surface area (Å²) in [6, 6.07) is 6.78. The van der Waals surface area contributed by atoms with Crippen LogP contribution in [0.15, 0.2) is 24.3 Å². The highest BCUT2D eigenvalue weighted by atomic mass is 16.2. The molecule has 22 heavy (non-hydrogen) atoms. The van der Waals surface area contributed by atoms with Crippen molar-refractivity contribution in [3.63, 3.8) is 0 Å². The topological polar surface area (TPSA) is 78.5 Å². The van der Waals surface area contributed by atoms with Gasteiger partial charge in [-0.2, -0.15) is 0 Å². The Hall–Kier alpha value is -2.37. The number of nitrogens with zero attached hydrogens (tertiary/aromatic N) is 1. The maximum Gasteiger partial charge on any atom is 0.240 e. The van der Waals surface area contributed by atoms with Crippen LogP contribution in [0.5, 0.6) is 0 Å². The summed E-state index contributed by atoms with van der Waals surface area (Å²) in [5.74, 6) is -0.224. The summed E-state index contributed by atoms with van der Waals surface area (Å²) in [4.78, 5) is 36.0. The number of carbonyl (C=O) groups excluding carboxylic acids is 3. The first kappa shape index (κ1) is 17.7. The molecule has 0 aliphatic carbocycles. The fourth-order valence-corrected chi connectivity index (χ4v) is 1.83. The molecule has 3 amide bonds. The lowest BCUT2D eigenvalue weighted by Gasteiger charge is -2.21. The van der Waals surface area contributed by atoms with Gasteiger partial charge in [0.05, 0.1) is 0 Å². The van der Waals surface area contributed by atoms with Gasteiger partial charge in [-0.3, -0.25) is 14.4 Å². The number of hydrogen-bond acceptors (Lipinski definition) is 3. The number of anilines is 2. The van der Waals surface area contributed by atoms with E-state index < -0.39 is 0 Å². The number of benzene rings is 1. The van der Waals surface area contributed by atoms with Crippen molar-refractivity contribution in [2.24, 2.45) is 5.92 Å². The number of carbonyl (C=O) groups is 3. The predicted molar refractivity (Wildman–Crippen MR) is 86.6 cm³/mol. The minimum atomic E-state index is -0.216. The van der Waals surface area contributed by atoms with Gasteiger partial charge in [-0.25, -0.2) is 0 Å². The van der Waals surface area contributed by atoms with Crippen molar-refractivity contribution in [3.05, 3.63) is 24.3 Å². The maximum atomic E-state index is 11.9. The van der Waals surface area contributed by atoms with Gasteiger partial charge in [-0.05, 0) is 30.2 Å². The van der Waals surface area contributed by atoms with E-state index in [2.05, 4.69) is 10.6 Å². The number of rotatable bonds is 6. The number of amides is 3. The molecule has 0 unspecified atom stereocenters. The summed E-state index contributed by atoms with van der Waals surface area (Å²) >= 11 is 0. The van der Waals surface area contributed by atoms with E-state index in [0.29, 0.717) is 23.8 Å². The van der Waals surface area contributed by atoms with E-state index >= 15 is 0 Å². The first-order chi connectivity index (χ1) is 10.3. The van der Waals surface area contributed by atoms with Gasteiger partial charge in [0.1, 0.15) is 6.54 Å². The van der Waals surface area contributed by atoms with Crippen LogP contribution in [0.4, 0.5) is 11.4 Å². The highest BCUT2D eigenvalue weighted by Crippen LogP contribution is 2.18. The van der Waals surface area contributed by atoms with E-state index in [1.165, 1.54) is 18.7 Å². The maximum absolute atomic E-state index is 11.9. The van der Waals surface area contributed by atoms with Crippen molar-refractivity contribution in [2.45, 2.75) is 27.7 Å². The Morgan fingerprint density at radius 2 is 1.68 bits per heavy atom. The molecule has 0 aliphatic heterocycles. The zero-order chi connectivity index (χ0) is 16.7. The van der Waals surface area contributed by atoms with Crippen LogP contribution in [-0.4, -0.2) is 30.8 Å². The lowest BCUT2D eigenvalue weighted by atomic mass is 10.2. The third kappa shape index (κ3) is 5.95. The van der Waals surface area contributed by atoms with Gasteiger partial charge in [0.15, 0.2) is 0 Å². The summed E-state index contributed by atoms with van der Waals surface area (Å²) in [5.41, 5.74) is 1.25. The molecule has 1 rings (SSSR count). The monoisotopic (exact) mass is 305 g/mol. The van der Waals surface area contributed by atoms with Crippen LogP contribution in [0.1, 0.15) is 27.7 Å². The van der Waals surface area contributed by atoms with Crippen molar-refractivity contribution in [2.75, 3.05) is 23.3 Å². The molecular weight excluding hydrogens is 282 g/mol. The standard InChI is InChI=1S/C16H23N3O3/c1-11(2)9-17-16(22)10-19(13(4)21)15-7-5-14(6-8-15)18-12(3)20/h5-8,11H,9-10H2,1-4H3,(H,17,22)(H,18,20). The van der Waals surface area contributed by atoms with Gasteiger partial charge in [0, 0.05) is 31.8 Å². The molecule has 0 radical (unpaired) electrons. The summed E-state index contributed by atoms with van der Waals surface area (Å²) in [6.45, 7) is 7.40. The lowest BCUT2D eigenvalue weighted by Crippen LogP contribution is -2.40. The average Bonchev–Trinajstić information content (AvgIpc) is 2.42. The molecule has 0 atom stereocenters. The molecule has 6 nitrogen and oxygen atoms in total. The van der Waals surface area contributed by atoms with Crippen LogP contribution in [-0.2, 0) is 14.4 Å². The Balaban J connectivity index is 2.76. The summed E-state index contributed by atoms with van der Waals surface area (Å²) in [7, 11) is 0. The van der Waals surface area contributed by atoms with Crippen LogP contribution in [0, 0.1) is 5.92 Å². The summed E-state index contributed by atoms with van der Waals surface area (Å²) in [6.07, 6.45) is 0. The molecule has 0 aromatic heterocycles. The Labute approximate surface area is 130 Å². The molecule has 0 saturated carbocycles. The predicted octanol–water partition coefficient (Wildman–Crippen LogP) is 1.77. The average molecular weight is 305 g/mol. The molecule has 0 aliphatic rings. The van der Waals surface area contributed by atoms with E-state index in [-0.39, 0.29) is 24.3 Å². The van der Waals surface area contributed by atoms with Crippen LogP contribution in [0.3, 0.4) is 0 Å². The van der Waals surface area contributed by atoms with Gasteiger partial charge in [-0.1, -0.05) is 13.8 Å². The normalized spacial score (nSPS) is 10.2. The molecule has 0 spiro atoms. The van der Waals surface area contributed by atoms with Crippen molar-refractivity contribution in [3.8, 4) is 0 Å². The Bertz CT molecular complexity index is 538. The minimum Gasteiger partial charge on any atom is -0.354 e. The van der Waals surface area contributed by atoms with Crippen LogP contribution in [0.25, 0.3) is 0 Å². The Morgan fingerprint density at radius 1 is 1.09 bits per heavy atom. The minimum absolute atomic E-state index is 0.0263. The highest BCUT2D eigenvalue weighted by Gasteiger charge is 2.15. The van der Waals surface area contributed by atoms with Crippen LogP contribution in [0.2, 0.25) is 0 Å². The third-order valence-corrected chi connectivity index (χ3v) is 2.89. The van der Waals surface area contributed by atoms with Crippen LogP contribution < -0.4 is 15.5 Å². The molecule has 0 saturated heterocycles. The van der Waals surface area contributed by atoms with Crippen molar-refractivity contribution in [1.29, 1.82) is 0 Å². The molecule has 120 valence electrons. The Morgan fingerprint density at radius 3 is 2.14 bits per heavy atom. The van der Waals surface area contributed by atoms with Gasteiger partial charge in [-0.15, -0.1) is 0 Å². The van der Waals surface area contributed by atoms with Gasteiger partial charge in [0.2, 0.25) is 17.7 Å². The SMILES string of the molecule is CC(=O)Nc1ccc(N(CC(=O)NCC(C)C)C(C)=O)cc1.